The van der Waals surface area contributed by atoms with E-state index >= 15 is 0 Å². The second-order valence-electron chi connectivity index (χ2n) is 6.38. The van der Waals surface area contributed by atoms with Gasteiger partial charge in [0.15, 0.2) is 9.84 Å². The summed E-state index contributed by atoms with van der Waals surface area (Å²) in [6.07, 6.45) is 0. The van der Waals surface area contributed by atoms with Crippen LogP contribution < -0.4 is 16.2 Å². The minimum absolute atomic E-state index is 0.159. The van der Waals surface area contributed by atoms with E-state index < -0.39 is 9.84 Å². The SMILES string of the molecule is Cc1c(NN)nc(C(C)(C)C)nc1N1CCS(=O)(=O)CC1. The fourth-order valence-electron chi connectivity index (χ4n) is 2.21. The number of hydrogen-bond donors (Lipinski definition) is 2. The van der Waals surface area contributed by atoms with Gasteiger partial charge >= 0.3 is 0 Å². The normalized spacial score (nSPS) is 18.6. The molecule has 1 saturated heterocycles. The Labute approximate surface area is 125 Å². The third-order valence-corrected chi connectivity index (χ3v) is 5.18. The summed E-state index contributed by atoms with van der Waals surface area (Å²) in [6.45, 7) is 8.88. The maximum atomic E-state index is 11.6. The summed E-state index contributed by atoms with van der Waals surface area (Å²) in [4.78, 5) is 11.1. The highest BCUT2D eigenvalue weighted by atomic mass is 32.2. The molecule has 0 atom stereocenters. The highest BCUT2D eigenvalue weighted by Gasteiger charge is 2.27. The number of hydrogen-bond acceptors (Lipinski definition) is 7. The molecule has 21 heavy (non-hydrogen) atoms. The van der Waals surface area contributed by atoms with Crippen molar-refractivity contribution in [1.29, 1.82) is 0 Å². The molecule has 1 aliphatic rings. The van der Waals surface area contributed by atoms with Crippen LogP contribution in [0, 0.1) is 6.92 Å². The van der Waals surface area contributed by atoms with Crippen LogP contribution in [-0.2, 0) is 15.3 Å². The number of aromatic nitrogens is 2. The van der Waals surface area contributed by atoms with Crippen molar-refractivity contribution < 1.29 is 8.42 Å². The first kappa shape index (κ1) is 16.0. The third kappa shape index (κ3) is 3.44. The molecule has 1 aromatic rings. The molecule has 0 radical (unpaired) electrons. The van der Waals surface area contributed by atoms with Crippen molar-refractivity contribution in [3.05, 3.63) is 11.4 Å². The van der Waals surface area contributed by atoms with Crippen molar-refractivity contribution in [1.82, 2.24) is 9.97 Å². The minimum atomic E-state index is -2.92. The fourth-order valence-corrected chi connectivity index (χ4v) is 3.41. The molecular weight excluding hydrogens is 290 g/mol. The Morgan fingerprint density at radius 2 is 1.76 bits per heavy atom. The zero-order chi connectivity index (χ0) is 15.8. The summed E-state index contributed by atoms with van der Waals surface area (Å²) in [6, 6.07) is 0. The standard InChI is InChI=1S/C13H23N5O2S/c1-9-10(17-14)15-12(13(2,3)4)16-11(9)18-5-7-21(19,20)8-6-18/h5-8,14H2,1-4H3,(H,15,16,17). The molecule has 0 aliphatic carbocycles. The highest BCUT2D eigenvalue weighted by molar-refractivity contribution is 7.91. The Bertz CT molecular complexity index is 623. The molecule has 0 amide bonds. The fraction of sp³-hybridized carbons (Fsp3) is 0.692. The van der Waals surface area contributed by atoms with Crippen LogP contribution in [0.1, 0.15) is 32.2 Å². The van der Waals surface area contributed by atoms with Crippen molar-refractivity contribution >= 4 is 21.5 Å². The van der Waals surface area contributed by atoms with Crippen LogP contribution in [0.4, 0.5) is 11.6 Å². The molecule has 1 aliphatic heterocycles. The van der Waals surface area contributed by atoms with Gasteiger partial charge in [0.1, 0.15) is 17.5 Å². The van der Waals surface area contributed by atoms with Gasteiger partial charge in [0, 0.05) is 24.1 Å². The van der Waals surface area contributed by atoms with Gasteiger partial charge in [-0.1, -0.05) is 20.8 Å². The molecular formula is C13H23N5O2S. The molecule has 3 N–H and O–H groups in total. The molecule has 0 saturated carbocycles. The third-order valence-electron chi connectivity index (χ3n) is 3.57. The monoisotopic (exact) mass is 313 g/mol. The van der Waals surface area contributed by atoms with Gasteiger partial charge in [-0.2, -0.15) is 0 Å². The lowest BCUT2D eigenvalue weighted by Crippen LogP contribution is -2.41. The second kappa shape index (κ2) is 5.42. The van der Waals surface area contributed by atoms with Crippen LogP contribution in [0.3, 0.4) is 0 Å². The number of nitrogens with two attached hydrogens (primary N) is 1. The van der Waals surface area contributed by atoms with Gasteiger partial charge in [0.2, 0.25) is 0 Å². The van der Waals surface area contributed by atoms with Gasteiger partial charge < -0.3 is 10.3 Å². The maximum Gasteiger partial charge on any atom is 0.153 e. The lowest BCUT2D eigenvalue weighted by atomic mass is 9.95. The summed E-state index contributed by atoms with van der Waals surface area (Å²) in [5, 5.41) is 0. The van der Waals surface area contributed by atoms with Gasteiger partial charge in [0.05, 0.1) is 11.5 Å². The van der Waals surface area contributed by atoms with Crippen molar-refractivity contribution in [3.8, 4) is 0 Å². The van der Waals surface area contributed by atoms with E-state index in [-0.39, 0.29) is 16.9 Å². The average molecular weight is 313 g/mol. The maximum absolute atomic E-state index is 11.6. The van der Waals surface area contributed by atoms with Gasteiger partial charge in [-0.3, -0.25) is 0 Å². The topological polar surface area (TPSA) is 101 Å². The van der Waals surface area contributed by atoms with Crippen molar-refractivity contribution in [2.75, 3.05) is 34.9 Å². The summed E-state index contributed by atoms with van der Waals surface area (Å²) in [7, 11) is -2.92. The molecule has 8 heteroatoms. The summed E-state index contributed by atoms with van der Waals surface area (Å²) in [5.41, 5.74) is 3.23. The minimum Gasteiger partial charge on any atom is -0.354 e. The largest absolute Gasteiger partial charge is 0.354 e. The van der Waals surface area contributed by atoms with Crippen LogP contribution in [0.2, 0.25) is 0 Å². The van der Waals surface area contributed by atoms with E-state index in [1.807, 2.05) is 32.6 Å². The average Bonchev–Trinajstić information content (AvgIpc) is 2.38. The molecule has 0 aromatic carbocycles. The first-order chi connectivity index (χ1) is 9.64. The number of anilines is 2. The predicted molar refractivity (Wildman–Crippen MR) is 84.1 cm³/mol. The van der Waals surface area contributed by atoms with Crippen LogP contribution in [0.15, 0.2) is 0 Å². The molecule has 0 spiro atoms. The number of sulfone groups is 1. The van der Waals surface area contributed by atoms with Crippen LogP contribution >= 0.6 is 0 Å². The first-order valence-electron chi connectivity index (χ1n) is 6.95. The first-order valence-corrected chi connectivity index (χ1v) is 8.77. The number of nitrogen functional groups attached to an aromatic ring is 1. The number of hydrazine groups is 1. The summed E-state index contributed by atoms with van der Waals surface area (Å²) in [5.74, 6) is 7.90. The highest BCUT2D eigenvalue weighted by Crippen LogP contribution is 2.28. The second-order valence-corrected chi connectivity index (χ2v) is 8.68. The van der Waals surface area contributed by atoms with Crippen molar-refractivity contribution in [2.45, 2.75) is 33.1 Å². The lowest BCUT2D eigenvalue weighted by Gasteiger charge is -2.30. The Kier molecular flexibility index (Phi) is 4.12. The summed E-state index contributed by atoms with van der Waals surface area (Å²) >= 11 is 0. The quantitative estimate of drug-likeness (QED) is 0.609. The molecule has 118 valence electrons. The Hall–Kier alpha value is -1.41. The van der Waals surface area contributed by atoms with Gasteiger partial charge in [-0.15, -0.1) is 0 Å². The molecule has 2 heterocycles. The Morgan fingerprint density at radius 1 is 1.19 bits per heavy atom. The van der Waals surface area contributed by atoms with Gasteiger partial charge in [-0.25, -0.2) is 24.2 Å². The van der Waals surface area contributed by atoms with E-state index in [0.29, 0.717) is 24.7 Å². The van der Waals surface area contributed by atoms with Crippen molar-refractivity contribution in [2.24, 2.45) is 5.84 Å². The number of nitrogens with zero attached hydrogens (tertiary/aromatic N) is 3. The zero-order valence-electron chi connectivity index (χ0n) is 13.0. The summed E-state index contributed by atoms with van der Waals surface area (Å²) < 4.78 is 23.1. The van der Waals surface area contributed by atoms with E-state index in [0.717, 1.165) is 11.4 Å². The van der Waals surface area contributed by atoms with Crippen LogP contribution in [-0.4, -0.2) is 43.0 Å². The van der Waals surface area contributed by atoms with Gasteiger partial charge in [0.25, 0.3) is 0 Å². The van der Waals surface area contributed by atoms with E-state index in [1.165, 1.54) is 0 Å². The molecule has 1 fully saturated rings. The van der Waals surface area contributed by atoms with Crippen LogP contribution in [0.5, 0.6) is 0 Å². The number of nitrogens with one attached hydrogen (secondary N) is 1. The van der Waals surface area contributed by atoms with E-state index in [9.17, 15) is 8.42 Å². The van der Waals surface area contributed by atoms with Crippen LogP contribution in [0.25, 0.3) is 0 Å². The Balaban J connectivity index is 2.43. The number of rotatable bonds is 2. The lowest BCUT2D eigenvalue weighted by molar-refractivity contribution is 0.543. The smallest absolute Gasteiger partial charge is 0.153 e. The van der Waals surface area contributed by atoms with Crippen molar-refractivity contribution in [3.63, 3.8) is 0 Å². The predicted octanol–water partition coefficient (Wildman–Crippen LogP) is 0.603. The molecule has 7 nitrogen and oxygen atoms in total. The molecule has 2 rings (SSSR count). The van der Waals surface area contributed by atoms with E-state index in [1.54, 1.807) is 0 Å². The zero-order valence-corrected chi connectivity index (χ0v) is 13.8. The van der Waals surface area contributed by atoms with Gasteiger partial charge in [-0.05, 0) is 6.92 Å². The molecule has 0 unspecified atom stereocenters. The molecule has 0 bridgehead atoms. The molecule has 1 aromatic heterocycles. The van der Waals surface area contributed by atoms with E-state index in [2.05, 4.69) is 15.4 Å². The Morgan fingerprint density at radius 3 is 2.24 bits per heavy atom. The van der Waals surface area contributed by atoms with E-state index in [4.69, 9.17) is 5.84 Å².